The number of rotatable bonds is 5. The molecule has 0 unspecified atom stereocenters. The van der Waals surface area contributed by atoms with Crippen molar-refractivity contribution in [3.63, 3.8) is 0 Å². The molecule has 8 heteroatoms. The van der Waals surface area contributed by atoms with Gasteiger partial charge in [-0.25, -0.2) is 9.48 Å². The van der Waals surface area contributed by atoms with Gasteiger partial charge in [-0.05, 0) is 70.0 Å². The fraction of sp³-hybridized carbons (Fsp3) is 0.370. The van der Waals surface area contributed by atoms with Gasteiger partial charge in [0.15, 0.2) is 0 Å². The zero-order valence-electron chi connectivity index (χ0n) is 20.7. The van der Waals surface area contributed by atoms with Crippen LogP contribution in [0, 0.1) is 0 Å². The van der Waals surface area contributed by atoms with Crippen LogP contribution in [0.2, 0.25) is 0 Å². The molecule has 184 valence electrons. The first-order chi connectivity index (χ1) is 16.7. The van der Waals surface area contributed by atoms with Gasteiger partial charge in [-0.2, -0.15) is 5.10 Å². The van der Waals surface area contributed by atoms with Crippen LogP contribution in [0.3, 0.4) is 0 Å². The number of para-hydroxylation sites is 1. The molecule has 0 saturated carbocycles. The van der Waals surface area contributed by atoms with Gasteiger partial charge in [-0.1, -0.05) is 18.2 Å². The Balaban J connectivity index is 1.58. The largest absolute Gasteiger partial charge is 0.497 e. The highest BCUT2D eigenvalue weighted by Crippen LogP contribution is 2.33. The van der Waals surface area contributed by atoms with Gasteiger partial charge in [0.1, 0.15) is 11.4 Å². The molecule has 3 aromatic rings. The molecule has 0 spiro atoms. The molecule has 35 heavy (non-hydrogen) atoms. The van der Waals surface area contributed by atoms with E-state index in [4.69, 9.17) is 9.47 Å². The maximum atomic E-state index is 13.3. The third-order valence-corrected chi connectivity index (χ3v) is 5.93. The number of hydrogen-bond donors (Lipinski definition) is 1. The monoisotopic (exact) mass is 476 g/mol. The standard InChI is InChI=1S/C27H32N4O4/c1-27(2,3)35-26(33)30-16-14-19(15-17-30)24-23(18-28-31(24)21-8-6-5-7-9-21)25(32)29-20-10-12-22(34-4)13-11-20/h5-13,18-19H,14-17H2,1-4H3,(H,29,32). The SMILES string of the molecule is COc1ccc(NC(=O)c2cnn(-c3ccccc3)c2C2CCN(C(=O)OC(C)(C)C)CC2)cc1. The Morgan fingerprint density at radius 2 is 1.66 bits per heavy atom. The van der Waals surface area contributed by atoms with E-state index in [0.717, 1.165) is 17.1 Å². The van der Waals surface area contributed by atoms with Gasteiger partial charge < -0.3 is 19.7 Å². The minimum absolute atomic E-state index is 0.0630. The Kier molecular flexibility index (Phi) is 7.10. The van der Waals surface area contributed by atoms with E-state index in [1.54, 1.807) is 42.5 Å². The number of piperidine rings is 1. The predicted molar refractivity (Wildman–Crippen MR) is 134 cm³/mol. The Morgan fingerprint density at radius 1 is 1.00 bits per heavy atom. The summed E-state index contributed by atoms with van der Waals surface area (Å²) in [5, 5.41) is 7.56. The summed E-state index contributed by atoms with van der Waals surface area (Å²) in [5.41, 5.74) is 2.41. The van der Waals surface area contributed by atoms with Crippen LogP contribution in [0.1, 0.15) is 55.6 Å². The van der Waals surface area contributed by atoms with Crippen LogP contribution >= 0.6 is 0 Å². The molecule has 1 aliphatic heterocycles. The molecule has 4 rings (SSSR count). The van der Waals surface area contributed by atoms with Crippen molar-refractivity contribution in [2.24, 2.45) is 0 Å². The van der Waals surface area contributed by atoms with E-state index in [2.05, 4.69) is 10.4 Å². The van der Waals surface area contributed by atoms with Gasteiger partial charge >= 0.3 is 6.09 Å². The van der Waals surface area contributed by atoms with E-state index in [9.17, 15) is 9.59 Å². The fourth-order valence-electron chi connectivity index (χ4n) is 4.24. The second-order valence-electron chi connectivity index (χ2n) is 9.62. The van der Waals surface area contributed by atoms with Crippen molar-refractivity contribution in [3.8, 4) is 11.4 Å². The summed E-state index contributed by atoms with van der Waals surface area (Å²) in [6.45, 7) is 6.70. The second kappa shape index (κ2) is 10.2. The van der Waals surface area contributed by atoms with Crippen molar-refractivity contribution in [3.05, 3.63) is 72.1 Å². The van der Waals surface area contributed by atoms with Crippen molar-refractivity contribution < 1.29 is 19.1 Å². The lowest BCUT2D eigenvalue weighted by Crippen LogP contribution is -2.41. The minimum atomic E-state index is -0.535. The molecule has 0 aliphatic carbocycles. The number of aromatic nitrogens is 2. The summed E-state index contributed by atoms with van der Waals surface area (Å²) in [4.78, 5) is 27.6. The number of carbonyl (C=O) groups excluding carboxylic acids is 2. The molecule has 2 heterocycles. The molecule has 0 atom stereocenters. The van der Waals surface area contributed by atoms with Crippen LogP contribution < -0.4 is 10.1 Å². The van der Waals surface area contributed by atoms with Crippen LogP contribution in [-0.2, 0) is 4.74 Å². The van der Waals surface area contributed by atoms with Crippen molar-refractivity contribution in [2.75, 3.05) is 25.5 Å². The maximum Gasteiger partial charge on any atom is 0.410 e. The van der Waals surface area contributed by atoms with Crippen LogP contribution in [0.5, 0.6) is 5.75 Å². The van der Waals surface area contributed by atoms with Crippen LogP contribution in [0.25, 0.3) is 5.69 Å². The minimum Gasteiger partial charge on any atom is -0.497 e. The summed E-state index contributed by atoms with van der Waals surface area (Å²) >= 11 is 0. The highest BCUT2D eigenvalue weighted by atomic mass is 16.6. The van der Waals surface area contributed by atoms with Gasteiger partial charge in [0.25, 0.3) is 5.91 Å². The van der Waals surface area contributed by atoms with Gasteiger partial charge in [-0.3, -0.25) is 4.79 Å². The molecule has 2 aromatic carbocycles. The number of likely N-dealkylation sites (tertiary alicyclic amines) is 1. The van der Waals surface area contributed by atoms with Crippen LogP contribution in [-0.4, -0.2) is 52.5 Å². The zero-order chi connectivity index (χ0) is 25.0. The van der Waals surface area contributed by atoms with Crippen molar-refractivity contribution in [1.29, 1.82) is 0 Å². The molecule has 1 aliphatic rings. The van der Waals surface area contributed by atoms with Crippen LogP contribution in [0.15, 0.2) is 60.8 Å². The summed E-state index contributed by atoms with van der Waals surface area (Å²) in [7, 11) is 1.60. The number of methoxy groups -OCH3 is 1. The van der Waals surface area contributed by atoms with Gasteiger partial charge in [0, 0.05) is 24.7 Å². The van der Waals surface area contributed by atoms with Crippen molar-refractivity contribution in [1.82, 2.24) is 14.7 Å². The fourth-order valence-corrected chi connectivity index (χ4v) is 4.24. The average Bonchev–Trinajstić information content (AvgIpc) is 3.29. The first-order valence-electron chi connectivity index (χ1n) is 11.8. The van der Waals surface area contributed by atoms with Gasteiger partial charge in [0.05, 0.1) is 30.3 Å². The lowest BCUT2D eigenvalue weighted by atomic mass is 9.90. The molecule has 1 fully saturated rings. The molecular weight excluding hydrogens is 444 g/mol. The lowest BCUT2D eigenvalue weighted by Gasteiger charge is -2.34. The normalized spacial score (nSPS) is 14.5. The molecule has 1 aromatic heterocycles. The second-order valence-corrected chi connectivity index (χ2v) is 9.62. The predicted octanol–water partition coefficient (Wildman–Crippen LogP) is 5.25. The third kappa shape index (κ3) is 5.82. The number of amides is 2. The Hall–Kier alpha value is -3.81. The Bertz CT molecular complexity index is 1160. The molecule has 0 bridgehead atoms. The third-order valence-electron chi connectivity index (χ3n) is 5.93. The molecule has 1 N–H and O–H groups in total. The van der Waals surface area contributed by atoms with E-state index in [1.807, 2.05) is 55.8 Å². The number of nitrogens with zero attached hydrogens (tertiary/aromatic N) is 3. The summed E-state index contributed by atoms with van der Waals surface area (Å²) in [6, 6.07) is 17.0. The Morgan fingerprint density at radius 3 is 2.26 bits per heavy atom. The number of benzene rings is 2. The lowest BCUT2D eigenvalue weighted by molar-refractivity contribution is 0.0203. The topological polar surface area (TPSA) is 85.7 Å². The number of ether oxygens (including phenoxy) is 2. The maximum absolute atomic E-state index is 13.3. The molecular formula is C27H32N4O4. The molecule has 1 saturated heterocycles. The van der Waals surface area contributed by atoms with E-state index in [-0.39, 0.29) is 17.9 Å². The number of carbonyl (C=O) groups is 2. The summed E-state index contributed by atoms with van der Waals surface area (Å²) in [5.74, 6) is 0.562. The van der Waals surface area contributed by atoms with Gasteiger partial charge in [0.2, 0.25) is 0 Å². The summed E-state index contributed by atoms with van der Waals surface area (Å²) < 4.78 is 12.6. The first-order valence-corrected chi connectivity index (χ1v) is 11.8. The zero-order valence-corrected chi connectivity index (χ0v) is 20.7. The molecule has 0 radical (unpaired) electrons. The molecule has 8 nitrogen and oxygen atoms in total. The van der Waals surface area contributed by atoms with Crippen LogP contribution in [0.4, 0.5) is 10.5 Å². The Labute approximate surface area is 205 Å². The number of nitrogens with one attached hydrogen (secondary N) is 1. The first kappa shape index (κ1) is 24.3. The quantitative estimate of drug-likeness (QED) is 0.544. The highest BCUT2D eigenvalue weighted by Gasteiger charge is 2.32. The van der Waals surface area contributed by atoms with Gasteiger partial charge in [-0.15, -0.1) is 0 Å². The summed E-state index contributed by atoms with van der Waals surface area (Å²) in [6.07, 6.45) is 2.74. The number of anilines is 1. The van der Waals surface area contributed by atoms with E-state index >= 15 is 0 Å². The van der Waals surface area contributed by atoms with Crippen molar-refractivity contribution in [2.45, 2.75) is 45.1 Å². The van der Waals surface area contributed by atoms with E-state index in [0.29, 0.717) is 37.2 Å². The average molecular weight is 477 g/mol. The van der Waals surface area contributed by atoms with E-state index < -0.39 is 5.60 Å². The highest BCUT2D eigenvalue weighted by molar-refractivity contribution is 6.05. The number of hydrogen-bond acceptors (Lipinski definition) is 5. The van der Waals surface area contributed by atoms with Crippen molar-refractivity contribution >= 4 is 17.7 Å². The smallest absolute Gasteiger partial charge is 0.410 e. The van der Waals surface area contributed by atoms with E-state index in [1.165, 1.54) is 0 Å². The molecule has 2 amide bonds.